The van der Waals surface area contributed by atoms with Crippen molar-refractivity contribution in [2.45, 2.75) is 0 Å². The number of rotatable bonds is 4. The Morgan fingerprint density at radius 2 is 1.86 bits per heavy atom. The number of nitro groups is 1. The van der Waals surface area contributed by atoms with Crippen LogP contribution in [0.3, 0.4) is 0 Å². The molecule has 2 aromatic rings. The molecule has 0 unspecified atom stereocenters. The topological polar surface area (TPSA) is 122 Å². The Morgan fingerprint density at radius 1 is 1.14 bits per heavy atom. The molecular weight excluding hydrogens is 274 g/mol. The van der Waals surface area contributed by atoms with E-state index in [0.29, 0.717) is 11.4 Å². The van der Waals surface area contributed by atoms with Crippen molar-refractivity contribution >= 4 is 28.8 Å². The highest BCUT2D eigenvalue weighted by Crippen LogP contribution is 2.23. The lowest BCUT2D eigenvalue weighted by atomic mass is 10.2. The fourth-order valence-electron chi connectivity index (χ4n) is 1.59. The van der Waals surface area contributed by atoms with E-state index in [4.69, 9.17) is 5.73 Å². The molecule has 0 fully saturated rings. The molecule has 2 aromatic carbocycles. The number of benzene rings is 2. The number of non-ortho nitro benzene ring substituents is 1. The number of hydrazine groups is 1. The van der Waals surface area contributed by atoms with Crippen LogP contribution in [-0.2, 0) is 0 Å². The second kappa shape index (κ2) is 6.24. The molecule has 0 bridgehead atoms. The molecule has 0 heterocycles. The number of anilines is 3. The highest BCUT2D eigenvalue weighted by molar-refractivity contribution is 5.90. The molecule has 8 nitrogen and oxygen atoms in total. The summed E-state index contributed by atoms with van der Waals surface area (Å²) in [6.45, 7) is 0. The zero-order chi connectivity index (χ0) is 15.2. The van der Waals surface area contributed by atoms with Crippen molar-refractivity contribution in [1.29, 1.82) is 0 Å². The Kier molecular flexibility index (Phi) is 4.20. The minimum absolute atomic E-state index is 0.119. The highest BCUT2D eigenvalue weighted by atomic mass is 16.6. The largest absolute Gasteiger partial charge is 0.397 e. The molecule has 0 radical (unpaired) electrons. The minimum Gasteiger partial charge on any atom is -0.397 e. The molecule has 0 atom stereocenters. The van der Waals surface area contributed by atoms with Gasteiger partial charge in [0.15, 0.2) is 0 Å². The van der Waals surface area contributed by atoms with Gasteiger partial charge in [0.25, 0.3) is 5.69 Å². The first-order valence-electron chi connectivity index (χ1n) is 5.98. The number of nitrogens with zero attached hydrogens (tertiary/aromatic N) is 1. The van der Waals surface area contributed by atoms with Crippen LogP contribution in [-0.4, -0.2) is 11.0 Å². The van der Waals surface area contributed by atoms with Crippen LogP contribution in [0.4, 0.5) is 27.5 Å². The lowest BCUT2D eigenvalue weighted by molar-refractivity contribution is -0.384. The number of nitrogens with two attached hydrogens (primary N) is 1. The third kappa shape index (κ3) is 3.83. The molecule has 21 heavy (non-hydrogen) atoms. The maximum absolute atomic E-state index is 11.6. The second-order valence-corrected chi connectivity index (χ2v) is 4.10. The number of urea groups is 1. The van der Waals surface area contributed by atoms with Crippen molar-refractivity contribution in [3.05, 3.63) is 58.6 Å². The van der Waals surface area contributed by atoms with Gasteiger partial charge in [-0.15, -0.1) is 0 Å². The van der Waals surface area contributed by atoms with E-state index >= 15 is 0 Å². The average molecular weight is 287 g/mol. The third-order valence-corrected chi connectivity index (χ3v) is 2.59. The van der Waals surface area contributed by atoms with E-state index in [1.807, 2.05) is 6.07 Å². The number of amides is 2. The van der Waals surface area contributed by atoms with E-state index in [1.165, 1.54) is 18.2 Å². The molecule has 0 aliphatic carbocycles. The first kappa shape index (κ1) is 14.1. The molecule has 0 aliphatic heterocycles. The number of carbonyl (C=O) groups excluding carboxylic acids is 1. The molecule has 8 heteroatoms. The van der Waals surface area contributed by atoms with Gasteiger partial charge in [-0.05, 0) is 18.2 Å². The summed E-state index contributed by atoms with van der Waals surface area (Å²) in [5, 5.41) is 13.2. The van der Waals surface area contributed by atoms with Crippen LogP contribution in [0, 0.1) is 10.1 Å². The molecule has 0 aromatic heterocycles. The van der Waals surface area contributed by atoms with Crippen molar-refractivity contribution in [3.8, 4) is 0 Å². The summed E-state index contributed by atoms with van der Waals surface area (Å²) in [6.07, 6.45) is 0. The standard InChI is InChI=1S/C13H13N5O3/c14-11-8-10(18(20)21)6-7-12(11)16-17-13(19)15-9-4-2-1-3-5-9/h1-8,16H,14H2,(H2,15,17,19). The SMILES string of the molecule is Nc1cc([N+](=O)[O-])ccc1NNC(=O)Nc1ccccc1. The fourth-order valence-corrected chi connectivity index (χ4v) is 1.59. The number of hydrogen-bond acceptors (Lipinski definition) is 5. The number of para-hydroxylation sites is 1. The first-order chi connectivity index (χ1) is 10.1. The van der Waals surface area contributed by atoms with Crippen LogP contribution in [0.2, 0.25) is 0 Å². The third-order valence-electron chi connectivity index (χ3n) is 2.59. The summed E-state index contributed by atoms with van der Waals surface area (Å²) in [6, 6.07) is 12.3. The van der Waals surface area contributed by atoms with Gasteiger partial charge in [0.05, 0.1) is 16.3 Å². The minimum atomic E-state index is -0.546. The molecular formula is C13H13N5O3. The van der Waals surface area contributed by atoms with E-state index in [-0.39, 0.29) is 11.4 Å². The maximum atomic E-state index is 11.6. The Morgan fingerprint density at radius 3 is 2.48 bits per heavy atom. The van der Waals surface area contributed by atoms with E-state index in [0.717, 1.165) is 0 Å². The summed E-state index contributed by atoms with van der Waals surface area (Å²) < 4.78 is 0. The van der Waals surface area contributed by atoms with E-state index in [9.17, 15) is 14.9 Å². The Balaban J connectivity index is 1.94. The van der Waals surface area contributed by atoms with Gasteiger partial charge in [-0.1, -0.05) is 18.2 Å². The van der Waals surface area contributed by atoms with E-state index < -0.39 is 11.0 Å². The van der Waals surface area contributed by atoms with Crippen LogP contribution in [0.1, 0.15) is 0 Å². The van der Waals surface area contributed by atoms with Gasteiger partial charge in [-0.25, -0.2) is 4.79 Å². The number of carbonyl (C=O) groups is 1. The van der Waals surface area contributed by atoms with Crippen LogP contribution < -0.4 is 21.9 Å². The number of nitrogens with one attached hydrogen (secondary N) is 3. The average Bonchev–Trinajstić information content (AvgIpc) is 2.47. The van der Waals surface area contributed by atoms with Crippen LogP contribution >= 0.6 is 0 Å². The summed E-state index contributed by atoms with van der Waals surface area (Å²) >= 11 is 0. The van der Waals surface area contributed by atoms with Crippen molar-refractivity contribution in [2.75, 3.05) is 16.5 Å². The molecule has 2 rings (SSSR count). The summed E-state index contributed by atoms with van der Waals surface area (Å²) in [5.41, 5.74) is 11.7. The van der Waals surface area contributed by atoms with Crippen LogP contribution in [0.15, 0.2) is 48.5 Å². The van der Waals surface area contributed by atoms with Gasteiger partial charge in [0.2, 0.25) is 0 Å². The molecule has 0 aliphatic rings. The summed E-state index contributed by atoms with van der Waals surface area (Å²) in [5.74, 6) is 0. The van der Waals surface area contributed by atoms with Crippen molar-refractivity contribution in [3.63, 3.8) is 0 Å². The number of hydrogen-bond donors (Lipinski definition) is 4. The monoisotopic (exact) mass is 287 g/mol. The first-order valence-corrected chi connectivity index (χ1v) is 5.98. The Hall–Kier alpha value is -3.29. The number of nitro benzene ring substituents is 1. The predicted molar refractivity (Wildman–Crippen MR) is 79.7 cm³/mol. The van der Waals surface area contributed by atoms with Gasteiger partial charge in [-0.3, -0.25) is 21.0 Å². The van der Waals surface area contributed by atoms with Gasteiger partial charge in [-0.2, -0.15) is 0 Å². The quantitative estimate of drug-likeness (QED) is 0.390. The Labute approximate surface area is 120 Å². The van der Waals surface area contributed by atoms with Gasteiger partial charge >= 0.3 is 6.03 Å². The summed E-state index contributed by atoms with van der Waals surface area (Å²) in [7, 11) is 0. The van der Waals surface area contributed by atoms with Crippen molar-refractivity contribution < 1.29 is 9.72 Å². The normalized spacial score (nSPS) is 9.71. The second-order valence-electron chi connectivity index (χ2n) is 4.10. The lowest BCUT2D eigenvalue weighted by Crippen LogP contribution is -2.33. The number of nitrogen functional groups attached to an aromatic ring is 1. The smallest absolute Gasteiger partial charge is 0.337 e. The predicted octanol–water partition coefficient (Wildman–Crippen LogP) is 2.33. The van der Waals surface area contributed by atoms with Crippen LogP contribution in [0.5, 0.6) is 0 Å². The zero-order valence-corrected chi connectivity index (χ0v) is 10.9. The van der Waals surface area contributed by atoms with Gasteiger partial charge in [0.1, 0.15) is 0 Å². The molecule has 5 N–H and O–H groups in total. The molecule has 2 amide bonds. The van der Waals surface area contributed by atoms with E-state index in [2.05, 4.69) is 16.2 Å². The molecule has 0 saturated carbocycles. The molecule has 108 valence electrons. The van der Waals surface area contributed by atoms with Crippen molar-refractivity contribution in [2.24, 2.45) is 0 Å². The highest BCUT2D eigenvalue weighted by Gasteiger charge is 2.09. The molecule has 0 spiro atoms. The lowest BCUT2D eigenvalue weighted by Gasteiger charge is -2.11. The Bertz CT molecular complexity index is 660. The van der Waals surface area contributed by atoms with E-state index in [1.54, 1.807) is 24.3 Å². The fraction of sp³-hybridized carbons (Fsp3) is 0. The van der Waals surface area contributed by atoms with Gasteiger partial charge in [0, 0.05) is 17.8 Å². The zero-order valence-electron chi connectivity index (χ0n) is 10.9. The summed E-state index contributed by atoms with van der Waals surface area (Å²) in [4.78, 5) is 21.7. The van der Waals surface area contributed by atoms with Crippen LogP contribution in [0.25, 0.3) is 0 Å². The van der Waals surface area contributed by atoms with Crippen molar-refractivity contribution in [1.82, 2.24) is 5.43 Å². The maximum Gasteiger partial charge on any atom is 0.337 e. The van der Waals surface area contributed by atoms with Gasteiger partial charge < -0.3 is 11.1 Å². The molecule has 0 saturated heterocycles.